The van der Waals surface area contributed by atoms with Crippen LogP contribution in [0.25, 0.3) is 18.2 Å². The minimum absolute atomic E-state index is 0.829. The van der Waals surface area contributed by atoms with Gasteiger partial charge in [-0.1, -0.05) is 31.4 Å². The van der Waals surface area contributed by atoms with Gasteiger partial charge in [0.2, 0.25) is 0 Å². The molecule has 0 fully saturated rings. The van der Waals surface area contributed by atoms with E-state index in [2.05, 4.69) is 23.1 Å². The molecule has 0 aliphatic heterocycles. The summed E-state index contributed by atoms with van der Waals surface area (Å²) < 4.78 is 0. The molecule has 1 aromatic heterocycles. The quantitative estimate of drug-likeness (QED) is 0.710. The molecule has 0 atom stereocenters. The van der Waals surface area contributed by atoms with E-state index in [0.717, 1.165) is 22.6 Å². The lowest BCUT2D eigenvalue weighted by Gasteiger charge is -1.93. The van der Waals surface area contributed by atoms with Crippen molar-refractivity contribution in [1.82, 2.24) is 4.98 Å². The van der Waals surface area contributed by atoms with Crippen molar-refractivity contribution in [2.24, 2.45) is 4.99 Å². The van der Waals surface area contributed by atoms with E-state index < -0.39 is 0 Å². The Morgan fingerprint density at radius 1 is 1.13 bits per heavy atom. The molecule has 2 nitrogen and oxygen atoms in total. The molecular formula is C13H16N2. The van der Waals surface area contributed by atoms with E-state index in [4.69, 9.17) is 0 Å². The first-order valence-corrected chi connectivity index (χ1v) is 4.90. The molecule has 0 saturated carbocycles. The second-order valence-corrected chi connectivity index (χ2v) is 3.01. The molecule has 0 saturated heterocycles. The summed E-state index contributed by atoms with van der Waals surface area (Å²) in [5.41, 5.74) is 3.06. The van der Waals surface area contributed by atoms with Crippen LogP contribution in [0.2, 0.25) is 0 Å². The van der Waals surface area contributed by atoms with Gasteiger partial charge in [-0.3, -0.25) is 0 Å². The molecule has 0 spiro atoms. The largest absolute Gasteiger partial charge is 0.339 e. The van der Waals surface area contributed by atoms with E-state index in [1.807, 2.05) is 32.1 Å². The minimum Gasteiger partial charge on any atom is -0.339 e. The Morgan fingerprint density at radius 2 is 1.80 bits per heavy atom. The zero-order chi connectivity index (χ0) is 11.3. The molecule has 2 heteroatoms. The van der Waals surface area contributed by atoms with Crippen LogP contribution in [0.1, 0.15) is 30.7 Å². The molecule has 78 valence electrons. The van der Waals surface area contributed by atoms with Gasteiger partial charge < -0.3 is 4.98 Å². The highest BCUT2D eigenvalue weighted by Crippen LogP contribution is 2.28. The van der Waals surface area contributed by atoms with Crippen molar-refractivity contribution < 1.29 is 0 Å². The molecule has 0 unspecified atom stereocenters. The van der Waals surface area contributed by atoms with Crippen molar-refractivity contribution in [1.29, 1.82) is 0 Å². The van der Waals surface area contributed by atoms with Crippen LogP contribution < -0.4 is 0 Å². The second kappa shape index (κ2) is 5.15. The summed E-state index contributed by atoms with van der Waals surface area (Å²) in [6, 6.07) is 0. The highest BCUT2D eigenvalue weighted by molar-refractivity contribution is 5.80. The Morgan fingerprint density at radius 3 is 2.27 bits per heavy atom. The summed E-state index contributed by atoms with van der Waals surface area (Å²) in [4.78, 5) is 7.48. The monoisotopic (exact) mass is 200 g/mol. The van der Waals surface area contributed by atoms with Gasteiger partial charge >= 0.3 is 0 Å². The number of nitrogens with one attached hydrogen (secondary N) is 1. The molecule has 15 heavy (non-hydrogen) atoms. The van der Waals surface area contributed by atoms with Crippen molar-refractivity contribution in [3.63, 3.8) is 0 Å². The highest BCUT2D eigenvalue weighted by atomic mass is 14.9. The number of rotatable bonds is 4. The van der Waals surface area contributed by atoms with Crippen LogP contribution in [-0.4, -0.2) is 11.2 Å². The maximum atomic E-state index is 4.26. The Balaban J connectivity index is 3.42. The third-order valence-electron chi connectivity index (χ3n) is 2.09. The average molecular weight is 200 g/mol. The Hall–Kier alpha value is -1.83. The molecule has 0 amide bonds. The lowest BCUT2D eigenvalue weighted by atomic mass is 10.1. The lowest BCUT2D eigenvalue weighted by molar-refractivity contribution is 1.31. The van der Waals surface area contributed by atoms with E-state index in [1.165, 1.54) is 0 Å². The minimum atomic E-state index is 0.829. The summed E-state index contributed by atoms with van der Waals surface area (Å²) in [7, 11) is 0. The summed E-state index contributed by atoms with van der Waals surface area (Å²) in [5, 5.41) is 0. The zero-order valence-corrected chi connectivity index (χ0v) is 9.25. The van der Waals surface area contributed by atoms with Gasteiger partial charge in [0.15, 0.2) is 0 Å². The van der Waals surface area contributed by atoms with E-state index >= 15 is 0 Å². The fraction of sp³-hybridized carbons (Fsp3) is 0.154. The number of aromatic amines is 1. The van der Waals surface area contributed by atoms with Crippen LogP contribution in [0.15, 0.2) is 24.2 Å². The van der Waals surface area contributed by atoms with Gasteiger partial charge in [0.25, 0.3) is 0 Å². The SMILES string of the molecule is C=Cc1c(/C=C\C)[nH]c(/N=C\C)c1C=C. The summed E-state index contributed by atoms with van der Waals surface area (Å²) in [5.74, 6) is 0.829. The number of allylic oxidation sites excluding steroid dienone is 1. The normalized spacial score (nSPS) is 11.3. The average Bonchev–Trinajstić information content (AvgIpc) is 2.56. The summed E-state index contributed by atoms with van der Waals surface area (Å²) >= 11 is 0. The first-order chi connectivity index (χ1) is 7.28. The van der Waals surface area contributed by atoms with Crippen LogP contribution in [0.5, 0.6) is 0 Å². The molecule has 1 aromatic rings. The summed E-state index contributed by atoms with van der Waals surface area (Å²) in [6.45, 7) is 11.5. The lowest BCUT2D eigenvalue weighted by Crippen LogP contribution is -1.75. The fourth-order valence-corrected chi connectivity index (χ4v) is 1.49. The van der Waals surface area contributed by atoms with Crippen LogP contribution in [0, 0.1) is 0 Å². The van der Waals surface area contributed by atoms with E-state index in [-0.39, 0.29) is 0 Å². The van der Waals surface area contributed by atoms with Gasteiger partial charge in [-0.25, -0.2) is 4.99 Å². The second-order valence-electron chi connectivity index (χ2n) is 3.01. The standard InChI is InChI=1S/C13H16N2/c1-5-9-12-10(6-2)11(7-3)13(15-12)14-8-4/h5-9,15H,2-3H2,1,4H3/b9-5-,14-8-. The van der Waals surface area contributed by atoms with Crippen molar-refractivity contribution in [2.75, 3.05) is 0 Å². The predicted octanol–water partition coefficient (Wildman–Crippen LogP) is 4.06. The Labute approximate surface area is 90.8 Å². The van der Waals surface area contributed by atoms with Gasteiger partial charge in [-0.2, -0.15) is 0 Å². The van der Waals surface area contributed by atoms with Gasteiger partial charge in [0, 0.05) is 23.0 Å². The maximum Gasteiger partial charge on any atom is 0.137 e. The number of hydrogen-bond donors (Lipinski definition) is 1. The number of nitrogens with zero attached hydrogens (tertiary/aromatic N) is 1. The molecule has 0 bridgehead atoms. The van der Waals surface area contributed by atoms with Crippen LogP contribution >= 0.6 is 0 Å². The first-order valence-electron chi connectivity index (χ1n) is 4.90. The first kappa shape index (κ1) is 11.2. The van der Waals surface area contributed by atoms with Gasteiger partial charge in [-0.15, -0.1) is 0 Å². The van der Waals surface area contributed by atoms with Gasteiger partial charge in [-0.05, 0) is 19.9 Å². The highest BCUT2D eigenvalue weighted by Gasteiger charge is 2.09. The van der Waals surface area contributed by atoms with Gasteiger partial charge in [0.05, 0.1) is 0 Å². The number of hydrogen-bond acceptors (Lipinski definition) is 1. The van der Waals surface area contributed by atoms with Crippen LogP contribution in [-0.2, 0) is 0 Å². The molecule has 0 radical (unpaired) electrons. The van der Waals surface area contributed by atoms with Crippen LogP contribution in [0.3, 0.4) is 0 Å². The van der Waals surface area contributed by atoms with E-state index in [1.54, 1.807) is 12.3 Å². The smallest absolute Gasteiger partial charge is 0.137 e. The molecule has 1 heterocycles. The van der Waals surface area contributed by atoms with E-state index in [0.29, 0.717) is 0 Å². The fourth-order valence-electron chi connectivity index (χ4n) is 1.49. The molecule has 1 N–H and O–H groups in total. The third kappa shape index (κ3) is 2.15. The third-order valence-corrected chi connectivity index (χ3v) is 2.09. The molecule has 1 rings (SSSR count). The Kier molecular flexibility index (Phi) is 3.86. The number of aliphatic imine (C=N–C) groups is 1. The Bertz CT molecular complexity index is 381. The van der Waals surface area contributed by atoms with E-state index in [9.17, 15) is 0 Å². The number of aromatic nitrogens is 1. The molecule has 0 aromatic carbocycles. The predicted molar refractivity (Wildman–Crippen MR) is 69.5 cm³/mol. The van der Waals surface area contributed by atoms with Crippen molar-refractivity contribution in [3.8, 4) is 0 Å². The molecule has 0 aliphatic rings. The van der Waals surface area contributed by atoms with Crippen molar-refractivity contribution >= 4 is 30.3 Å². The summed E-state index contributed by atoms with van der Waals surface area (Å²) in [6.07, 6.45) is 9.34. The molecular weight excluding hydrogens is 184 g/mol. The number of H-pyrrole nitrogens is 1. The maximum absolute atomic E-state index is 4.26. The van der Waals surface area contributed by atoms with Crippen LogP contribution in [0.4, 0.5) is 5.82 Å². The topological polar surface area (TPSA) is 28.1 Å². The van der Waals surface area contributed by atoms with Crippen molar-refractivity contribution in [3.05, 3.63) is 36.1 Å². The zero-order valence-electron chi connectivity index (χ0n) is 9.25. The van der Waals surface area contributed by atoms with Crippen molar-refractivity contribution in [2.45, 2.75) is 13.8 Å². The van der Waals surface area contributed by atoms with Gasteiger partial charge in [0.1, 0.15) is 5.82 Å². The molecule has 0 aliphatic carbocycles.